The highest BCUT2D eigenvalue weighted by Crippen LogP contribution is 2.14. The van der Waals surface area contributed by atoms with E-state index >= 15 is 0 Å². The lowest BCUT2D eigenvalue weighted by Gasteiger charge is -1.89. The number of nitrogens with zero attached hydrogens (tertiary/aromatic N) is 2. The molecule has 0 aliphatic rings. The van der Waals surface area contributed by atoms with Crippen molar-refractivity contribution in [3.63, 3.8) is 0 Å². The molecule has 0 saturated carbocycles. The van der Waals surface area contributed by atoms with Crippen molar-refractivity contribution >= 4 is 27.1 Å². The zero-order valence-corrected chi connectivity index (χ0v) is 9.06. The predicted octanol–water partition coefficient (Wildman–Crippen LogP) is -0.293. The molecule has 1 rings (SSSR count). The number of Topliss-reactive ketones (excluding diaryl/α,β-unsaturated/α-hetero) is 1. The van der Waals surface area contributed by atoms with Crippen molar-refractivity contribution < 1.29 is 13.2 Å². The van der Waals surface area contributed by atoms with Gasteiger partial charge in [-0.15, -0.1) is 10.2 Å². The summed E-state index contributed by atoms with van der Waals surface area (Å²) in [6, 6.07) is 0. The normalized spacial score (nSPS) is 11.6. The minimum atomic E-state index is -3.79. The van der Waals surface area contributed by atoms with Gasteiger partial charge in [0, 0.05) is 6.42 Å². The van der Waals surface area contributed by atoms with E-state index in [4.69, 9.17) is 5.14 Å². The highest BCUT2D eigenvalue weighted by atomic mass is 32.2. The van der Waals surface area contributed by atoms with Gasteiger partial charge < -0.3 is 0 Å². The molecule has 1 aromatic rings. The molecule has 8 heteroatoms. The smallest absolute Gasteiger partial charge is 0.267 e. The summed E-state index contributed by atoms with van der Waals surface area (Å²) in [5, 5.41) is 12.1. The van der Waals surface area contributed by atoms with Gasteiger partial charge in [-0.2, -0.15) is 0 Å². The molecule has 0 aliphatic heterocycles. The van der Waals surface area contributed by atoms with Crippen LogP contribution in [0.15, 0.2) is 4.34 Å². The van der Waals surface area contributed by atoms with Gasteiger partial charge in [0.2, 0.25) is 4.34 Å². The van der Waals surface area contributed by atoms with Crippen LogP contribution >= 0.6 is 11.3 Å². The first kappa shape index (κ1) is 11.2. The Balaban J connectivity index is 2.84. The number of ketones is 1. The lowest BCUT2D eigenvalue weighted by Crippen LogP contribution is -2.11. The van der Waals surface area contributed by atoms with Crippen LogP contribution in [0, 0.1) is 0 Å². The number of rotatable bonds is 4. The van der Waals surface area contributed by atoms with Gasteiger partial charge >= 0.3 is 0 Å². The Morgan fingerprint density at radius 1 is 1.50 bits per heavy atom. The summed E-state index contributed by atoms with van der Waals surface area (Å²) < 4.78 is 21.4. The summed E-state index contributed by atoms with van der Waals surface area (Å²) in [5.74, 6) is -0.0119. The minimum Gasteiger partial charge on any atom is -0.299 e. The van der Waals surface area contributed by atoms with E-state index in [1.807, 2.05) is 0 Å². The number of sulfonamides is 1. The third kappa shape index (κ3) is 2.82. The van der Waals surface area contributed by atoms with Gasteiger partial charge in [0.15, 0.2) is 0 Å². The average Bonchev–Trinajstić information content (AvgIpc) is 2.51. The minimum absolute atomic E-state index is 0.0119. The molecule has 0 spiro atoms. The molecule has 14 heavy (non-hydrogen) atoms. The van der Waals surface area contributed by atoms with Gasteiger partial charge in [-0.05, 0) is 0 Å². The van der Waals surface area contributed by atoms with E-state index in [1.54, 1.807) is 6.92 Å². The van der Waals surface area contributed by atoms with Crippen LogP contribution in [0.25, 0.3) is 0 Å². The Kier molecular flexibility index (Phi) is 3.29. The first-order valence-corrected chi connectivity index (χ1v) is 6.16. The van der Waals surface area contributed by atoms with Gasteiger partial charge in [0.1, 0.15) is 10.8 Å². The molecule has 0 aromatic carbocycles. The molecule has 0 radical (unpaired) electrons. The number of carbonyl (C=O) groups excluding carboxylic acids is 1. The third-order valence-electron chi connectivity index (χ3n) is 1.43. The number of nitrogens with two attached hydrogens (primary N) is 1. The summed E-state index contributed by atoms with van der Waals surface area (Å²) in [5.41, 5.74) is 0. The monoisotopic (exact) mass is 235 g/mol. The van der Waals surface area contributed by atoms with Crippen LogP contribution < -0.4 is 5.14 Å². The van der Waals surface area contributed by atoms with Crippen molar-refractivity contribution in [3.8, 4) is 0 Å². The lowest BCUT2D eigenvalue weighted by atomic mass is 10.2. The molecular formula is C6H9N3O3S2. The first-order chi connectivity index (χ1) is 6.43. The summed E-state index contributed by atoms with van der Waals surface area (Å²) in [7, 11) is -3.79. The first-order valence-electron chi connectivity index (χ1n) is 3.80. The van der Waals surface area contributed by atoms with Crippen LogP contribution in [-0.4, -0.2) is 24.4 Å². The van der Waals surface area contributed by atoms with Crippen molar-refractivity contribution in [1.29, 1.82) is 0 Å². The zero-order chi connectivity index (χ0) is 10.8. The maximum atomic E-state index is 11.0. The number of carbonyl (C=O) groups is 1. The molecule has 2 N–H and O–H groups in total. The molecule has 0 saturated heterocycles. The summed E-state index contributed by atoms with van der Waals surface area (Å²) in [6.45, 7) is 1.73. The maximum absolute atomic E-state index is 11.0. The van der Waals surface area contributed by atoms with Gasteiger partial charge in [-0.1, -0.05) is 18.3 Å². The molecule has 0 amide bonds. The van der Waals surface area contributed by atoms with E-state index in [-0.39, 0.29) is 16.5 Å². The SMILES string of the molecule is CCC(=O)Cc1nnc(S(N)(=O)=O)s1. The Hall–Kier alpha value is -0.860. The third-order valence-corrected chi connectivity index (χ3v) is 3.67. The van der Waals surface area contributed by atoms with E-state index in [9.17, 15) is 13.2 Å². The number of aromatic nitrogens is 2. The van der Waals surface area contributed by atoms with Crippen molar-refractivity contribution in [2.45, 2.75) is 24.1 Å². The van der Waals surface area contributed by atoms with Crippen LogP contribution in [0.4, 0.5) is 0 Å². The molecule has 0 unspecified atom stereocenters. The van der Waals surface area contributed by atoms with E-state index < -0.39 is 10.0 Å². The highest BCUT2D eigenvalue weighted by molar-refractivity contribution is 7.91. The molecule has 1 heterocycles. The molecule has 1 aromatic heterocycles. The fraction of sp³-hybridized carbons (Fsp3) is 0.500. The van der Waals surface area contributed by atoms with E-state index in [0.717, 1.165) is 11.3 Å². The molecule has 0 aliphatic carbocycles. The molecule has 0 atom stereocenters. The van der Waals surface area contributed by atoms with Gasteiger partial charge in [-0.3, -0.25) is 4.79 Å². The number of primary sulfonamides is 1. The van der Waals surface area contributed by atoms with Crippen molar-refractivity contribution in [3.05, 3.63) is 5.01 Å². The fourth-order valence-electron chi connectivity index (χ4n) is 0.718. The molecule has 0 bridgehead atoms. The fourth-order valence-corrected chi connectivity index (χ4v) is 2.22. The standard InChI is InChI=1S/C6H9N3O3S2/c1-2-4(10)3-5-8-9-6(13-5)14(7,11)12/h2-3H2,1H3,(H2,7,11,12). The van der Waals surface area contributed by atoms with Crippen molar-refractivity contribution in [2.24, 2.45) is 5.14 Å². The second-order valence-corrected chi connectivity index (χ2v) is 5.37. The van der Waals surface area contributed by atoms with Crippen LogP contribution in [0.2, 0.25) is 0 Å². The quantitative estimate of drug-likeness (QED) is 0.772. The maximum Gasteiger partial charge on any atom is 0.267 e. The Labute approximate surface area is 85.2 Å². The van der Waals surface area contributed by atoms with Crippen LogP contribution in [0.1, 0.15) is 18.4 Å². The van der Waals surface area contributed by atoms with E-state index in [1.165, 1.54) is 0 Å². The second kappa shape index (κ2) is 4.11. The zero-order valence-electron chi connectivity index (χ0n) is 7.43. The van der Waals surface area contributed by atoms with Crippen LogP contribution in [0.5, 0.6) is 0 Å². The van der Waals surface area contributed by atoms with Crippen LogP contribution in [-0.2, 0) is 21.2 Å². The summed E-state index contributed by atoms with van der Waals surface area (Å²) in [6.07, 6.45) is 0.508. The lowest BCUT2D eigenvalue weighted by molar-refractivity contribution is -0.118. The molecule has 6 nitrogen and oxygen atoms in total. The highest BCUT2D eigenvalue weighted by Gasteiger charge is 2.15. The molecular weight excluding hydrogens is 226 g/mol. The van der Waals surface area contributed by atoms with Gasteiger partial charge in [0.25, 0.3) is 10.0 Å². The largest absolute Gasteiger partial charge is 0.299 e. The van der Waals surface area contributed by atoms with Crippen molar-refractivity contribution in [1.82, 2.24) is 10.2 Å². The number of hydrogen-bond donors (Lipinski definition) is 1. The van der Waals surface area contributed by atoms with E-state index in [0.29, 0.717) is 11.4 Å². The molecule has 78 valence electrons. The van der Waals surface area contributed by atoms with Crippen molar-refractivity contribution in [2.75, 3.05) is 0 Å². The summed E-state index contributed by atoms with van der Waals surface area (Å²) >= 11 is 0.827. The summed E-state index contributed by atoms with van der Waals surface area (Å²) in [4.78, 5) is 11.0. The topological polar surface area (TPSA) is 103 Å². The van der Waals surface area contributed by atoms with Crippen LogP contribution in [0.3, 0.4) is 0 Å². The molecule has 0 fully saturated rings. The Morgan fingerprint density at radius 3 is 2.57 bits per heavy atom. The van der Waals surface area contributed by atoms with Gasteiger partial charge in [-0.25, -0.2) is 13.6 Å². The van der Waals surface area contributed by atoms with E-state index in [2.05, 4.69) is 10.2 Å². The Morgan fingerprint density at radius 2 is 2.14 bits per heavy atom. The average molecular weight is 235 g/mol. The Bertz CT molecular complexity index is 437. The van der Waals surface area contributed by atoms with Gasteiger partial charge in [0.05, 0.1) is 6.42 Å². The second-order valence-electron chi connectivity index (χ2n) is 2.58. The number of hydrogen-bond acceptors (Lipinski definition) is 6. The predicted molar refractivity (Wildman–Crippen MR) is 50.3 cm³/mol.